The first-order valence-corrected chi connectivity index (χ1v) is 12.2. The number of esters is 1. The molecule has 0 aliphatic rings. The van der Waals surface area contributed by atoms with Crippen LogP contribution in [-0.2, 0) is 19.6 Å². The van der Waals surface area contributed by atoms with Gasteiger partial charge in [0.15, 0.2) is 0 Å². The lowest BCUT2D eigenvalue weighted by atomic mass is 10.1. The molecule has 0 aliphatic heterocycles. The number of likely N-dealkylation sites (N-methyl/N-ethyl adjacent to an activating group) is 1. The van der Waals surface area contributed by atoms with Gasteiger partial charge in [0.2, 0.25) is 6.23 Å². The van der Waals surface area contributed by atoms with Gasteiger partial charge in [0, 0.05) is 12.8 Å². The summed E-state index contributed by atoms with van der Waals surface area (Å²) in [4.78, 5) is 12.1. The van der Waals surface area contributed by atoms with Crippen LogP contribution in [0.2, 0.25) is 0 Å². The fourth-order valence-corrected chi connectivity index (χ4v) is 4.04. The van der Waals surface area contributed by atoms with Gasteiger partial charge in [0.25, 0.3) is 0 Å². The molecule has 0 saturated heterocycles. The van der Waals surface area contributed by atoms with Gasteiger partial charge >= 0.3 is 5.97 Å². The lowest BCUT2D eigenvalue weighted by Gasteiger charge is -2.38. The monoisotopic (exact) mass is 423 g/mol. The topological polar surface area (TPSA) is 104 Å². The van der Waals surface area contributed by atoms with Gasteiger partial charge in [-0.05, 0) is 6.42 Å². The van der Waals surface area contributed by atoms with E-state index in [0.29, 0.717) is 12.8 Å². The molecular weight excluding hydrogens is 382 g/mol. The summed E-state index contributed by atoms with van der Waals surface area (Å²) in [6.45, 7) is 4.10. The molecule has 0 fully saturated rings. The number of aliphatic hydroxyl groups excluding tert-OH is 1. The molecule has 0 rings (SSSR count). The number of unbranched alkanes of at least 4 members (excludes halogenated alkanes) is 8. The highest BCUT2D eigenvalue weighted by Gasteiger charge is 2.32. The number of rotatable bonds is 17. The van der Waals surface area contributed by atoms with Gasteiger partial charge < -0.3 is 14.4 Å². The van der Waals surface area contributed by atoms with Crippen molar-refractivity contribution < 1.29 is 32.1 Å². The van der Waals surface area contributed by atoms with Crippen molar-refractivity contribution in [2.24, 2.45) is 0 Å². The minimum atomic E-state index is -4.50. The lowest BCUT2D eigenvalue weighted by Crippen LogP contribution is -2.55. The summed E-state index contributed by atoms with van der Waals surface area (Å²) in [5, 5.41) is 9.86. The van der Waals surface area contributed by atoms with Crippen molar-refractivity contribution >= 4 is 16.1 Å². The minimum Gasteiger partial charge on any atom is -0.748 e. The summed E-state index contributed by atoms with van der Waals surface area (Å²) >= 11 is 0. The Balaban J connectivity index is 4.15. The third kappa shape index (κ3) is 14.3. The molecule has 1 N–H and O–H groups in total. The standard InChI is InChI=1S/C20H41NO6S/c1-5-7-8-9-10-11-12-13-14-15-20(23)27-19(6-2)21(3,4)16-18(22)17-28(24,25)26/h18-19,22H,5-17H2,1-4H3. The van der Waals surface area contributed by atoms with E-state index in [4.69, 9.17) is 4.74 Å². The second kappa shape index (κ2) is 14.3. The van der Waals surface area contributed by atoms with Crippen LogP contribution in [0.1, 0.15) is 84.5 Å². The van der Waals surface area contributed by atoms with Gasteiger partial charge in [0.05, 0.1) is 30.0 Å². The Kier molecular flexibility index (Phi) is 14.0. The molecule has 0 spiro atoms. The van der Waals surface area contributed by atoms with Gasteiger partial charge in [-0.15, -0.1) is 0 Å². The van der Waals surface area contributed by atoms with Crippen LogP contribution in [0.15, 0.2) is 0 Å². The highest BCUT2D eigenvalue weighted by Crippen LogP contribution is 2.16. The smallest absolute Gasteiger partial charge is 0.310 e. The maximum atomic E-state index is 12.1. The number of ether oxygens (including phenoxy) is 1. The van der Waals surface area contributed by atoms with Crippen LogP contribution in [0.5, 0.6) is 0 Å². The van der Waals surface area contributed by atoms with Crippen molar-refractivity contribution in [2.75, 3.05) is 26.4 Å². The van der Waals surface area contributed by atoms with Crippen molar-refractivity contribution in [2.45, 2.75) is 96.8 Å². The Morgan fingerprint density at radius 2 is 1.50 bits per heavy atom. The average molecular weight is 424 g/mol. The maximum absolute atomic E-state index is 12.1. The Morgan fingerprint density at radius 3 is 1.96 bits per heavy atom. The molecule has 0 aromatic carbocycles. The largest absolute Gasteiger partial charge is 0.748 e. The molecule has 0 bridgehead atoms. The van der Waals surface area contributed by atoms with E-state index in [0.717, 1.165) is 19.3 Å². The maximum Gasteiger partial charge on any atom is 0.310 e. The molecule has 0 amide bonds. The lowest BCUT2D eigenvalue weighted by molar-refractivity contribution is -0.937. The number of aliphatic hydroxyl groups is 1. The predicted octanol–water partition coefficient (Wildman–Crippen LogP) is 3.17. The van der Waals surface area contributed by atoms with E-state index < -0.39 is 28.2 Å². The van der Waals surface area contributed by atoms with E-state index >= 15 is 0 Å². The van der Waals surface area contributed by atoms with Gasteiger partial charge in [-0.3, -0.25) is 9.28 Å². The van der Waals surface area contributed by atoms with Gasteiger partial charge in [-0.1, -0.05) is 65.2 Å². The van der Waals surface area contributed by atoms with Crippen molar-refractivity contribution in [3.63, 3.8) is 0 Å². The Hall–Kier alpha value is -0.700. The minimum absolute atomic E-state index is 0.0191. The quantitative estimate of drug-likeness (QED) is 0.127. The summed E-state index contributed by atoms with van der Waals surface area (Å²) in [6, 6.07) is 0. The first-order chi connectivity index (χ1) is 13.0. The second-order valence-electron chi connectivity index (χ2n) is 8.27. The fourth-order valence-electron chi connectivity index (χ4n) is 3.46. The Labute approximate surface area is 171 Å². The van der Waals surface area contributed by atoms with Crippen molar-refractivity contribution in [1.82, 2.24) is 0 Å². The van der Waals surface area contributed by atoms with E-state index in [1.807, 2.05) is 6.92 Å². The molecule has 2 atom stereocenters. The van der Waals surface area contributed by atoms with Crippen LogP contribution in [0, 0.1) is 0 Å². The van der Waals surface area contributed by atoms with E-state index in [2.05, 4.69) is 6.92 Å². The van der Waals surface area contributed by atoms with Crippen LogP contribution < -0.4 is 0 Å². The number of hydrogen-bond acceptors (Lipinski definition) is 6. The first kappa shape index (κ1) is 27.3. The van der Waals surface area contributed by atoms with E-state index in [-0.39, 0.29) is 17.0 Å². The molecule has 8 heteroatoms. The molecule has 0 saturated carbocycles. The molecule has 0 radical (unpaired) electrons. The summed E-state index contributed by atoms with van der Waals surface area (Å²) < 4.78 is 38.1. The molecule has 28 heavy (non-hydrogen) atoms. The number of nitrogens with zero attached hydrogens (tertiary/aromatic N) is 1. The summed E-state index contributed by atoms with van der Waals surface area (Å²) in [5.74, 6) is -1.11. The van der Waals surface area contributed by atoms with Crippen LogP contribution in [0.3, 0.4) is 0 Å². The third-order valence-electron chi connectivity index (χ3n) is 4.96. The summed E-state index contributed by atoms with van der Waals surface area (Å²) in [7, 11) is -0.994. The first-order valence-electron chi connectivity index (χ1n) is 10.7. The second-order valence-corrected chi connectivity index (χ2v) is 9.72. The van der Waals surface area contributed by atoms with E-state index in [9.17, 15) is 22.9 Å². The van der Waals surface area contributed by atoms with E-state index in [1.165, 1.54) is 38.5 Å². The molecule has 7 nitrogen and oxygen atoms in total. The molecule has 2 unspecified atom stereocenters. The zero-order valence-electron chi connectivity index (χ0n) is 18.2. The zero-order chi connectivity index (χ0) is 21.6. The van der Waals surface area contributed by atoms with Gasteiger partial charge in [-0.25, -0.2) is 8.42 Å². The van der Waals surface area contributed by atoms with Crippen LogP contribution in [-0.4, -0.2) is 67.3 Å². The van der Waals surface area contributed by atoms with Gasteiger partial charge in [-0.2, -0.15) is 0 Å². The number of hydrogen-bond donors (Lipinski definition) is 1. The molecular formula is C20H41NO6S. The van der Waals surface area contributed by atoms with Crippen LogP contribution in [0.25, 0.3) is 0 Å². The van der Waals surface area contributed by atoms with E-state index in [1.54, 1.807) is 14.1 Å². The Bertz CT molecular complexity index is 521. The average Bonchev–Trinajstić information content (AvgIpc) is 2.55. The number of carbonyl (C=O) groups excluding carboxylic acids is 1. The third-order valence-corrected chi connectivity index (χ3v) is 5.75. The molecule has 0 heterocycles. The van der Waals surface area contributed by atoms with Crippen molar-refractivity contribution in [3.05, 3.63) is 0 Å². The summed E-state index contributed by atoms with van der Waals surface area (Å²) in [6.07, 6.45) is 9.70. The summed E-state index contributed by atoms with van der Waals surface area (Å²) in [5.41, 5.74) is 0. The van der Waals surface area contributed by atoms with Crippen molar-refractivity contribution in [1.29, 1.82) is 0 Å². The molecule has 168 valence electrons. The predicted molar refractivity (Wildman–Crippen MR) is 110 cm³/mol. The zero-order valence-corrected chi connectivity index (χ0v) is 19.0. The van der Waals surface area contributed by atoms with Gasteiger partial charge in [0.1, 0.15) is 12.6 Å². The van der Waals surface area contributed by atoms with Crippen LogP contribution >= 0.6 is 0 Å². The molecule has 0 aromatic rings. The van der Waals surface area contributed by atoms with Crippen LogP contribution in [0.4, 0.5) is 0 Å². The number of quaternary nitrogens is 1. The highest BCUT2D eigenvalue weighted by molar-refractivity contribution is 7.85. The number of carbonyl (C=O) groups is 1. The normalized spacial score (nSPS) is 14.6. The highest BCUT2D eigenvalue weighted by atomic mass is 32.2. The molecule has 0 aliphatic carbocycles. The SMILES string of the molecule is CCCCCCCCCCCC(=O)OC(CC)[N+](C)(C)CC(O)CS(=O)(=O)[O-]. The molecule has 0 aromatic heterocycles. The fraction of sp³-hybridized carbons (Fsp3) is 0.950. The van der Waals surface area contributed by atoms with Crippen molar-refractivity contribution in [3.8, 4) is 0 Å². The Morgan fingerprint density at radius 1 is 1.00 bits per heavy atom.